The van der Waals surface area contributed by atoms with Crippen molar-refractivity contribution < 1.29 is 27.9 Å². The number of nitrogens with one attached hydrogen (secondary N) is 1. The van der Waals surface area contributed by atoms with Gasteiger partial charge < -0.3 is 10.4 Å². The molecular weight excluding hydrogens is 469 g/mol. The molecule has 4 aliphatic carbocycles. The molecule has 2 aromatic rings. The highest BCUT2D eigenvalue weighted by Gasteiger charge is 2.50. The normalized spacial score (nSPS) is 27.6. The van der Waals surface area contributed by atoms with Crippen LogP contribution in [0, 0.1) is 23.2 Å². The van der Waals surface area contributed by atoms with Gasteiger partial charge in [-0.1, -0.05) is 17.7 Å². The van der Waals surface area contributed by atoms with Crippen LogP contribution in [-0.4, -0.2) is 28.5 Å². The maximum Gasteiger partial charge on any atom is 0.416 e. The minimum absolute atomic E-state index is 0.119. The van der Waals surface area contributed by atoms with Crippen molar-refractivity contribution in [1.29, 1.82) is 0 Å². The van der Waals surface area contributed by atoms with Gasteiger partial charge in [0.05, 0.1) is 21.8 Å². The predicted molar refractivity (Wildman–Crippen MR) is 120 cm³/mol. The van der Waals surface area contributed by atoms with Gasteiger partial charge in [0, 0.05) is 12.1 Å². The van der Waals surface area contributed by atoms with Gasteiger partial charge in [0.1, 0.15) is 5.69 Å². The number of amides is 1. The van der Waals surface area contributed by atoms with E-state index in [9.17, 15) is 27.9 Å². The number of carboxylic acids is 1. The van der Waals surface area contributed by atoms with Crippen molar-refractivity contribution in [2.75, 3.05) is 6.54 Å². The predicted octanol–water partition coefficient (Wildman–Crippen LogP) is 6.07. The Morgan fingerprint density at radius 3 is 2.24 bits per heavy atom. The third-order valence-corrected chi connectivity index (χ3v) is 8.00. The van der Waals surface area contributed by atoms with Crippen molar-refractivity contribution in [3.05, 3.63) is 52.2 Å². The number of pyridine rings is 1. The molecule has 0 spiro atoms. The summed E-state index contributed by atoms with van der Waals surface area (Å²) in [5, 5.41) is 12.4. The van der Waals surface area contributed by atoms with Crippen LogP contribution in [0.15, 0.2) is 30.3 Å². The van der Waals surface area contributed by atoms with E-state index in [2.05, 4.69) is 10.3 Å². The van der Waals surface area contributed by atoms with Gasteiger partial charge in [-0.3, -0.25) is 4.79 Å². The van der Waals surface area contributed by atoms with Gasteiger partial charge >= 0.3 is 12.1 Å². The van der Waals surface area contributed by atoms with Crippen molar-refractivity contribution in [1.82, 2.24) is 10.3 Å². The maximum absolute atomic E-state index is 13.3. The molecule has 6 rings (SSSR count). The summed E-state index contributed by atoms with van der Waals surface area (Å²) in [6.45, 7) is 0.556. The van der Waals surface area contributed by atoms with Crippen LogP contribution in [0.2, 0.25) is 5.02 Å². The maximum atomic E-state index is 13.3. The lowest BCUT2D eigenvalue weighted by Crippen LogP contribution is -2.51. The molecule has 4 bridgehead atoms. The van der Waals surface area contributed by atoms with E-state index in [1.165, 1.54) is 37.5 Å². The molecule has 1 amide bonds. The molecule has 180 valence electrons. The van der Waals surface area contributed by atoms with Crippen LogP contribution in [0.5, 0.6) is 0 Å². The molecule has 1 heterocycles. The van der Waals surface area contributed by atoms with Crippen LogP contribution < -0.4 is 5.32 Å². The number of alkyl halides is 3. The number of aromatic nitrogens is 1. The van der Waals surface area contributed by atoms with Crippen LogP contribution in [0.3, 0.4) is 0 Å². The van der Waals surface area contributed by atoms with Crippen molar-refractivity contribution in [2.24, 2.45) is 23.2 Å². The van der Waals surface area contributed by atoms with E-state index >= 15 is 0 Å². The molecule has 4 fully saturated rings. The number of benzene rings is 1. The van der Waals surface area contributed by atoms with Gasteiger partial charge in [-0.05, 0) is 86.0 Å². The molecule has 4 aliphatic rings. The summed E-state index contributed by atoms with van der Waals surface area (Å²) < 4.78 is 39.9. The van der Waals surface area contributed by atoms with Crippen LogP contribution in [0.1, 0.15) is 64.9 Å². The Hall–Kier alpha value is -2.61. The first-order chi connectivity index (χ1) is 16.0. The standard InChI is InChI=1S/C25H24ClF3N2O3/c26-19-2-1-16(20-7-17(25(27,28)29)8-21(31-20)23(33)34)6-18(19)22(32)30-12-24-9-13-3-14(10-24)5-15(4-13)11-24/h1-2,6-8,13-15H,3-5,9-12H2,(H,30,32)(H,33,34). The topological polar surface area (TPSA) is 79.3 Å². The molecular formula is C25H24ClF3N2O3. The minimum Gasteiger partial charge on any atom is -0.477 e. The lowest BCUT2D eigenvalue weighted by Gasteiger charge is -2.56. The van der Waals surface area contributed by atoms with E-state index in [-0.39, 0.29) is 27.3 Å². The highest BCUT2D eigenvalue weighted by molar-refractivity contribution is 6.34. The monoisotopic (exact) mass is 492 g/mol. The lowest BCUT2D eigenvalue weighted by atomic mass is 9.49. The Morgan fingerprint density at radius 1 is 1.06 bits per heavy atom. The van der Waals surface area contributed by atoms with Crippen molar-refractivity contribution in [3.8, 4) is 11.3 Å². The summed E-state index contributed by atoms with van der Waals surface area (Å²) in [5.41, 5.74) is -1.63. The number of carbonyl (C=O) groups is 2. The van der Waals surface area contributed by atoms with Crippen LogP contribution in [0.25, 0.3) is 11.3 Å². The van der Waals surface area contributed by atoms with Gasteiger partial charge in [-0.2, -0.15) is 13.2 Å². The van der Waals surface area contributed by atoms with Gasteiger partial charge in [-0.25, -0.2) is 9.78 Å². The molecule has 0 saturated heterocycles. The Morgan fingerprint density at radius 2 is 1.68 bits per heavy atom. The summed E-state index contributed by atoms with van der Waals surface area (Å²) in [6, 6.07) is 5.46. The van der Waals surface area contributed by atoms with E-state index in [4.69, 9.17) is 11.6 Å². The molecule has 4 saturated carbocycles. The average molecular weight is 493 g/mol. The van der Waals surface area contributed by atoms with Gasteiger partial charge in [0.15, 0.2) is 0 Å². The van der Waals surface area contributed by atoms with E-state index in [1.54, 1.807) is 0 Å². The molecule has 1 aromatic heterocycles. The number of carbonyl (C=O) groups excluding carboxylic acids is 1. The first-order valence-corrected chi connectivity index (χ1v) is 11.8. The van der Waals surface area contributed by atoms with Crippen LogP contribution in [0.4, 0.5) is 13.2 Å². The van der Waals surface area contributed by atoms with Crippen molar-refractivity contribution >= 4 is 23.5 Å². The SMILES string of the molecule is O=C(O)c1cc(C(F)(F)F)cc(-c2ccc(Cl)c(C(=O)NCC34CC5CC(CC(C5)C3)C4)c2)n1. The molecule has 1 aromatic carbocycles. The second kappa shape index (κ2) is 8.26. The third-order valence-electron chi connectivity index (χ3n) is 7.67. The molecule has 0 unspecified atom stereocenters. The van der Waals surface area contributed by atoms with E-state index in [1.807, 2.05) is 0 Å². The minimum atomic E-state index is -4.74. The van der Waals surface area contributed by atoms with Gasteiger partial charge in [0.2, 0.25) is 0 Å². The van der Waals surface area contributed by atoms with Crippen LogP contribution >= 0.6 is 11.6 Å². The summed E-state index contributed by atoms with van der Waals surface area (Å²) in [7, 11) is 0. The Labute approximate surface area is 199 Å². The smallest absolute Gasteiger partial charge is 0.416 e. The molecule has 9 heteroatoms. The number of rotatable bonds is 5. The Bertz CT molecular complexity index is 1130. The number of hydrogen-bond acceptors (Lipinski definition) is 3. The third kappa shape index (κ3) is 4.40. The zero-order chi connectivity index (χ0) is 24.3. The summed E-state index contributed by atoms with van der Waals surface area (Å²) >= 11 is 6.26. The van der Waals surface area contributed by atoms with Crippen molar-refractivity contribution in [3.63, 3.8) is 0 Å². The quantitative estimate of drug-likeness (QED) is 0.531. The zero-order valence-electron chi connectivity index (χ0n) is 18.3. The second-order valence-corrected chi connectivity index (χ2v) is 10.6. The van der Waals surface area contributed by atoms with Crippen molar-refractivity contribution in [2.45, 2.75) is 44.7 Å². The number of carboxylic acid groups (broad SMARTS) is 1. The van der Waals surface area contributed by atoms with Gasteiger partial charge in [0.25, 0.3) is 5.91 Å². The number of hydrogen-bond donors (Lipinski definition) is 2. The molecule has 34 heavy (non-hydrogen) atoms. The molecule has 0 radical (unpaired) electrons. The molecule has 5 nitrogen and oxygen atoms in total. The highest BCUT2D eigenvalue weighted by atomic mass is 35.5. The Kier molecular flexibility index (Phi) is 5.62. The van der Waals surface area contributed by atoms with Gasteiger partial charge in [-0.15, -0.1) is 0 Å². The largest absolute Gasteiger partial charge is 0.477 e. The fourth-order valence-electron chi connectivity index (χ4n) is 6.68. The van der Waals surface area contributed by atoms with Crippen LogP contribution in [-0.2, 0) is 6.18 Å². The lowest BCUT2D eigenvalue weighted by molar-refractivity contribution is -0.137. The Balaban J connectivity index is 1.39. The first kappa shape index (κ1) is 23.1. The molecule has 2 N–H and O–H groups in total. The zero-order valence-corrected chi connectivity index (χ0v) is 19.0. The highest BCUT2D eigenvalue weighted by Crippen LogP contribution is 2.59. The van der Waals surface area contributed by atoms with E-state index in [0.29, 0.717) is 12.6 Å². The summed E-state index contributed by atoms with van der Waals surface area (Å²) in [6.07, 6.45) is 2.51. The fourth-order valence-corrected chi connectivity index (χ4v) is 6.88. The summed E-state index contributed by atoms with van der Waals surface area (Å²) in [5.74, 6) is 0.254. The number of aromatic carboxylic acids is 1. The number of halogens is 4. The summed E-state index contributed by atoms with van der Waals surface area (Å²) in [4.78, 5) is 28.2. The second-order valence-electron chi connectivity index (χ2n) is 10.2. The number of nitrogens with zero attached hydrogens (tertiary/aromatic N) is 1. The molecule has 0 atom stereocenters. The average Bonchev–Trinajstić information content (AvgIpc) is 2.76. The fraction of sp³-hybridized carbons (Fsp3) is 0.480. The van der Waals surface area contributed by atoms with E-state index in [0.717, 1.165) is 43.1 Å². The first-order valence-electron chi connectivity index (χ1n) is 11.4. The molecule has 0 aliphatic heterocycles. The van der Waals surface area contributed by atoms with E-state index < -0.39 is 29.3 Å².